The molecule has 0 radical (unpaired) electrons. The van der Waals surface area contributed by atoms with Gasteiger partial charge in [-0.05, 0) is 56.5 Å². The third-order valence-electron chi connectivity index (χ3n) is 4.95. The summed E-state index contributed by atoms with van der Waals surface area (Å²) in [5, 5.41) is 13.1. The number of ether oxygens (including phenoxy) is 1. The van der Waals surface area contributed by atoms with Crippen LogP contribution in [-0.4, -0.2) is 25.9 Å². The summed E-state index contributed by atoms with van der Waals surface area (Å²) in [5.74, 6) is 1.21. The van der Waals surface area contributed by atoms with Gasteiger partial charge in [-0.2, -0.15) is 0 Å². The molecule has 6 nitrogen and oxygen atoms in total. The highest BCUT2D eigenvalue weighted by atomic mass is 35.5. The van der Waals surface area contributed by atoms with E-state index in [-0.39, 0.29) is 17.8 Å². The number of anilines is 1. The minimum atomic E-state index is -0.364. The second-order valence-corrected chi connectivity index (χ2v) is 9.58. The van der Waals surface area contributed by atoms with E-state index < -0.39 is 0 Å². The van der Waals surface area contributed by atoms with Crippen molar-refractivity contribution < 1.29 is 9.53 Å². The Kier molecular flexibility index (Phi) is 6.74. The maximum atomic E-state index is 12.8. The molecule has 1 atom stereocenters. The molecule has 9 heteroatoms. The zero-order valence-electron chi connectivity index (χ0n) is 17.1. The zero-order valence-corrected chi connectivity index (χ0v) is 19.5. The fourth-order valence-electron chi connectivity index (χ4n) is 3.06. The number of nitrogens with zero attached hydrogens (tertiary/aromatic N) is 3. The van der Waals surface area contributed by atoms with Crippen LogP contribution in [0.3, 0.4) is 0 Å². The summed E-state index contributed by atoms with van der Waals surface area (Å²) in [6.07, 6.45) is 2.12. The van der Waals surface area contributed by atoms with Crippen molar-refractivity contribution in [1.82, 2.24) is 14.8 Å². The molecule has 1 fully saturated rings. The number of hydrogen-bond acceptors (Lipinski definition) is 5. The van der Waals surface area contributed by atoms with Gasteiger partial charge >= 0.3 is 0 Å². The van der Waals surface area contributed by atoms with Gasteiger partial charge in [0.15, 0.2) is 11.0 Å². The number of halogens is 2. The third-order valence-corrected chi connectivity index (χ3v) is 6.55. The molecule has 0 saturated heterocycles. The molecule has 1 amide bonds. The predicted molar refractivity (Wildman–Crippen MR) is 124 cm³/mol. The fraction of sp³-hybridized carbons (Fsp3) is 0.318. The van der Waals surface area contributed by atoms with Crippen LogP contribution in [0.15, 0.2) is 47.6 Å². The Morgan fingerprint density at radius 2 is 2.03 bits per heavy atom. The second kappa shape index (κ2) is 9.51. The van der Waals surface area contributed by atoms with Gasteiger partial charge in [-0.1, -0.05) is 53.2 Å². The van der Waals surface area contributed by atoms with Crippen molar-refractivity contribution in [1.29, 1.82) is 0 Å². The fourth-order valence-corrected chi connectivity index (χ4v) is 4.37. The highest BCUT2D eigenvalue weighted by molar-refractivity contribution is 8.00. The first-order chi connectivity index (χ1) is 14.9. The molecule has 1 N–H and O–H groups in total. The number of hydrogen-bond donors (Lipinski definition) is 1. The van der Waals surface area contributed by atoms with E-state index in [0.717, 1.165) is 24.2 Å². The van der Waals surface area contributed by atoms with Crippen LogP contribution >= 0.6 is 35.0 Å². The summed E-state index contributed by atoms with van der Waals surface area (Å²) < 4.78 is 7.93. The van der Waals surface area contributed by atoms with Gasteiger partial charge in [0.1, 0.15) is 12.4 Å². The smallest absolute Gasteiger partial charge is 0.237 e. The van der Waals surface area contributed by atoms with Crippen molar-refractivity contribution in [3.05, 3.63) is 63.9 Å². The van der Waals surface area contributed by atoms with E-state index >= 15 is 0 Å². The first kappa shape index (κ1) is 22.0. The van der Waals surface area contributed by atoms with Crippen molar-refractivity contribution in [3.8, 4) is 5.75 Å². The molecule has 1 heterocycles. The predicted octanol–water partition coefficient (Wildman–Crippen LogP) is 5.93. The lowest BCUT2D eigenvalue weighted by Crippen LogP contribution is -2.23. The van der Waals surface area contributed by atoms with Crippen molar-refractivity contribution in [2.24, 2.45) is 0 Å². The topological polar surface area (TPSA) is 69.0 Å². The molecule has 31 heavy (non-hydrogen) atoms. The van der Waals surface area contributed by atoms with Gasteiger partial charge in [-0.25, -0.2) is 0 Å². The Hall–Kier alpha value is -2.22. The van der Waals surface area contributed by atoms with Gasteiger partial charge < -0.3 is 10.1 Å². The Bertz CT molecular complexity index is 1100. The van der Waals surface area contributed by atoms with E-state index in [9.17, 15) is 4.79 Å². The first-order valence-corrected chi connectivity index (χ1v) is 11.6. The number of carbonyl (C=O) groups is 1. The molecule has 1 aromatic heterocycles. The molecule has 0 aliphatic heterocycles. The minimum absolute atomic E-state index is 0.116. The Balaban J connectivity index is 1.45. The van der Waals surface area contributed by atoms with E-state index in [1.165, 1.54) is 11.8 Å². The highest BCUT2D eigenvalue weighted by Gasteiger charge is 2.31. The van der Waals surface area contributed by atoms with Crippen molar-refractivity contribution >= 4 is 46.6 Å². The van der Waals surface area contributed by atoms with Crippen molar-refractivity contribution in [3.63, 3.8) is 0 Å². The van der Waals surface area contributed by atoms with Gasteiger partial charge in [0, 0.05) is 16.8 Å². The van der Waals surface area contributed by atoms with Gasteiger partial charge in [-0.3, -0.25) is 9.36 Å². The van der Waals surface area contributed by atoms with Crippen molar-refractivity contribution in [2.75, 3.05) is 5.32 Å². The molecule has 1 aliphatic rings. The summed E-state index contributed by atoms with van der Waals surface area (Å²) in [5.41, 5.74) is 1.66. The number of para-hydroxylation sites is 1. The van der Waals surface area contributed by atoms with Crippen LogP contribution in [-0.2, 0) is 11.4 Å². The molecule has 1 aliphatic carbocycles. The molecule has 0 bridgehead atoms. The van der Waals surface area contributed by atoms with Gasteiger partial charge in [-0.15, -0.1) is 10.2 Å². The summed E-state index contributed by atoms with van der Waals surface area (Å²) in [6, 6.07) is 13.1. The van der Waals surface area contributed by atoms with Gasteiger partial charge in [0.05, 0.1) is 10.3 Å². The molecular formula is C22H22Cl2N4O2S. The first-order valence-electron chi connectivity index (χ1n) is 9.97. The van der Waals surface area contributed by atoms with Crippen LogP contribution < -0.4 is 10.1 Å². The van der Waals surface area contributed by atoms with Gasteiger partial charge in [0.2, 0.25) is 5.91 Å². The largest absolute Gasteiger partial charge is 0.484 e. The van der Waals surface area contributed by atoms with Crippen LogP contribution in [0, 0.1) is 6.92 Å². The van der Waals surface area contributed by atoms with Crippen LogP contribution in [0.1, 0.15) is 37.2 Å². The van der Waals surface area contributed by atoms with E-state index in [1.807, 2.05) is 38.1 Å². The number of thioether (sulfide) groups is 1. The minimum Gasteiger partial charge on any atom is -0.484 e. The molecular weight excluding hydrogens is 455 g/mol. The van der Waals surface area contributed by atoms with E-state index in [1.54, 1.807) is 18.2 Å². The summed E-state index contributed by atoms with van der Waals surface area (Å²) in [4.78, 5) is 12.8. The number of rotatable bonds is 8. The summed E-state index contributed by atoms with van der Waals surface area (Å²) in [7, 11) is 0. The average molecular weight is 477 g/mol. The van der Waals surface area contributed by atoms with Gasteiger partial charge in [0.25, 0.3) is 0 Å². The number of aromatic nitrogens is 3. The van der Waals surface area contributed by atoms with E-state index in [4.69, 9.17) is 27.9 Å². The Morgan fingerprint density at radius 1 is 1.26 bits per heavy atom. The Labute approximate surface area is 195 Å². The molecule has 3 aromatic rings. The van der Waals surface area contributed by atoms with E-state index in [0.29, 0.717) is 32.7 Å². The maximum Gasteiger partial charge on any atom is 0.237 e. The average Bonchev–Trinajstić information content (AvgIpc) is 3.51. The summed E-state index contributed by atoms with van der Waals surface area (Å²) in [6.45, 7) is 4.04. The normalized spacial score (nSPS) is 14.3. The van der Waals surface area contributed by atoms with Crippen LogP contribution in [0.25, 0.3) is 0 Å². The standard InChI is InChI=1S/C22H22Cl2N4O2S/c1-13-7-8-15(23)11-18(13)25-21(29)14(2)31-22-27-26-20(28(22)16-9-10-16)12-30-19-6-4-3-5-17(19)24/h3-8,11,14,16H,9-10,12H2,1-2H3,(H,25,29). The summed E-state index contributed by atoms with van der Waals surface area (Å²) >= 11 is 13.6. The van der Waals surface area contributed by atoms with Crippen LogP contribution in [0.2, 0.25) is 10.0 Å². The SMILES string of the molecule is Cc1ccc(Cl)cc1NC(=O)C(C)Sc1nnc(COc2ccccc2Cl)n1C1CC1. The molecule has 0 spiro atoms. The molecule has 1 saturated carbocycles. The molecule has 162 valence electrons. The monoisotopic (exact) mass is 476 g/mol. The lowest BCUT2D eigenvalue weighted by molar-refractivity contribution is -0.115. The highest BCUT2D eigenvalue weighted by Crippen LogP contribution is 2.40. The van der Waals surface area contributed by atoms with Crippen LogP contribution in [0.4, 0.5) is 5.69 Å². The number of nitrogens with one attached hydrogen (secondary N) is 1. The third kappa shape index (κ3) is 5.34. The number of benzene rings is 2. The van der Waals surface area contributed by atoms with E-state index in [2.05, 4.69) is 20.1 Å². The molecule has 4 rings (SSSR count). The zero-order chi connectivity index (χ0) is 22.0. The molecule has 1 unspecified atom stereocenters. The number of carbonyl (C=O) groups excluding carboxylic acids is 1. The quantitative estimate of drug-likeness (QED) is 0.408. The van der Waals surface area contributed by atoms with Crippen LogP contribution in [0.5, 0.6) is 5.75 Å². The molecule has 2 aromatic carbocycles. The number of aryl methyl sites for hydroxylation is 1. The number of amides is 1. The van der Waals surface area contributed by atoms with Crippen molar-refractivity contribution in [2.45, 2.75) is 49.7 Å². The Morgan fingerprint density at radius 3 is 2.77 bits per heavy atom. The second-order valence-electron chi connectivity index (χ2n) is 7.43. The lowest BCUT2D eigenvalue weighted by atomic mass is 10.2. The maximum absolute atomic E-state index is 12.8. The lowest BCUT2D eigenvalue weighted by Gasteiger charge is -2.15.